The number of nitrogens with zero attached hydrogens (tertiary/aromatic N) is 5. The Morgan fingerprint density at radius 3 is 1.83 bits per heavy atom. The minimum Gasteiger partial charge on any atom is -0.493 e. The van der Waals surface area contributed by atoms with Crippen LogP contribution in [0, 0.1) is 5.92 Å². The first-order valence-corrected chi connectivity index (χ1v) is 16.0. The van der Waals surface area contributed by atoms with Crippen molar-refractivity contribution < 1.29 is 29.9 Å². The van der Waals surface area contributed by atoms with Crippen LogP contribution in [0.4, 0.5) is 11.9 Å². The van der Waals surface area contributed by atoms with Crippen molar-refractivity contribution in [2.75, 3.05) is 42.7 Å². The van der Waals surface area contributed by atoms with E-state index in [9.17, 15) is 20.4 Å². The number of aliphatic hydroxyl groups is 4. The Morgan fingerprint density at radius 1 is 0.638 bits per heavy atom. The van der Waals surface area contributed by atoms with Crippen LogP contribution in [0.3, 0.4) is 0 Å². The molecule has 0 aliphatic carbocycles. The van der Waals surface area contributed by atoms with E-state index in [1.807, 2.05) is 95.6 Å². The highest BCUT2D eigenvalue weighted by molar-refractivity contribution is 5.59. The van der Waals surface area contributed by atoms with Crippen molar-refractivity contribution in [3.05, 3.63) is 90.0 Å². The number of aliphatic hydroxyl groups excluding tert-OH is 4. The van der Waals surface area contributed by atoms with Crippen molar-refractivity contribution in [3.63, 3.8) is 0 Å². The fraction of sp³-hybridized carbons (Fsp3) is 0.417. The van der Waals surface area contributed by atoms with Crippen molar-refractivity contribution in [2.24, 2.45) is 5.92 Å². The number of hydrogen-bond donors (Lipinski definition) is 4. The average molecular weight is 646 g/mol. The first kappa shape index (κ1) is 35.6. The summed E-state index contributed by atoms with van der Waals surface area (Å²) in [6.07, 6.45) is -2.00. The Bertz CT molecular complexity index is 1500. The van der Waals surface area contributed by atoms with Crippen molar-refractivity contribution in [3.8, 4) is 22.9 Å². The van der Waals surface area contributed by atoms with Crippen LogP contribution in [0.1, 0.15) is 38.8 Å². The van der Waals surface area contributed by atoms with Gasteiger partial charge in [0.25, 0.3) is 0 Å². The van der Waals surface area contributed by atoms with Crippen molar-refractivity contribution in [1.29, 1.82) is 0 Å². The quantitative estimate of drug-likeness (QED) is 0.124. The van der Waals surface area contributed by atoms with Crippen LogP contribution in [0.25, 0.3) is 11.4 Å². The van der Waals surface area contributed by atoms with Crippen LogP contribution in [-0.4, -0.2) is 86.6 Å². The van der Waals surface area contributed by atoms with Gasteiger partial charge in [-0.3, -0.25) is 0 Å². The second-order valence-corrected chi connectivity index (χ2v) is 12.1. The highest BCUT2D eigenvalue weighted by Gasteiger charge is 2.22. The molecular weight excluding hydrogens is 598 g/mol. The van der Waals surface area contributed by atoms with Crippen LogP contribution < -0.4 is 19.3 Å². The van der Waals surface area contributed by atoms with Crippen LogP contribution in [0.5, 0.6) is 11.5 Å². The van der Waals surface area contributed by atoms with Crippen molar-refractivity contribution in [2.45, 2.75) is 59.1 Å². The van der Waals surface area contributed by atoms with Crippen molar-refractivity contribution >= 4 is 11.9 Å². The summed E-state index contributed by atoms with van der Waals surface area (Å²) < 4.78 is 11.7. The lowest BCUT2D eigenvalue weighted by Gasteiger charge is -2.28. The molecule has 252 valence electrons. The Labute approximate surface area is 277 Å². The number of ether oxygens (including phenoxy) is 2. The molecule has 0 saturated heterocycles. The van der Waals surface area contributed by atoms with Gasteiger partial charge in [-0.15, -0.1) is 0 Å². The van der Waals surface area contributed by atoms with E-state index in [4.69, 9.17) is 24.4 Å². The summed E-state index contributed by atoms with van der Waals surface area (Å²) >= 11 is 0. The summed E-state index contributed by atoms with van der Waals surface area (Å²) in [4.78, 5) is 18.4. The molecule has 0 aliphatic rings. The molecule has 1 heterocycles. The van der Waals surface area contributed by atoms with E-state index < -0.39 is 18.3 Å². The fourth-order valence-corrected chi connectivity index (χ4v) is 4.82. The third kappa shape index (κ3) is 11.2. The molecule has 3 aromatic carbocycles. The van der Waals surface area contributed by atoms with Crippen LogP contribution >= 0.6 is 0 Å². The highest BCUT2D eigenvalue weighted by atomic mass is 16.5. The minimum absolute atomic E-state index is 0.0340. The van der Waals surface area contributed by atoms with Crippen LogP contribution in [-0.2, 0) is 13.1 Å². The molecule has 4 aromatic rings. The van der Waals surface area contributed by atoms with E-state index in [0.29, 0.717) is 48.9 Å². The summed E-state index contributed by atoms with van der Waals surface area (Å²) in [5.41, 5.74) is 2.60. The van der Waals surface area contributed by atoms with E-state index in [1.165, 1.54) is 0 Å². The molecule has 0 amide bonds. The van der Waals surface area contributed by atoms with Gasteiger partial charge in [0.1, 0.15) is 18.1 Å². The molecule has 0 spiro atoms. The molecule has 47 heavy (non-hydrogen) atoms. The predicted octanol–water partition coefficient (Wildman–Crippen LogP) is 4.08. The maximum Gasteiger partial charge on any atom is 0.231 e. The predicted molar refractivity (Wildman–Crippen MR) is 183 cm³/mol. The zero-order valence-electron chi connectivity index (χ0n) is 27.6. The Kier molecular flexibility index (Phi) is 13.3. The molecule has 1 aromatic heterocycles. The largest absolute Gasteiger partial charge is 0.493 e. The molecule has 0 bridgehead atoms. The van der Waals surface area contributed by atoms with E-state index in [1.54, 1.807) is 20.8 Å². The molecule has 0 saturated carbocycles. The summed E-state index contributed by atoms with van der Waals surface area (Å²) in [6, 6.07) is 24.9. The van der Waals surface area contributed by atoms with Gasteiger partial charge in [0, 0.05) is 49.8 Å². The molecule has 4 atom stereocenters. The van der Waals surface area contributed by atoms with Gasteiger partial charge >= 0.3 is 0 Å². The van der Waals surface area contributed by atoms with Gasteiger partial charge in [-0.05, 0) is 44.5 Å². The second-order valence-electron chi connectivity index (χ2n) is 12.1. The van der Waals surface area contributed by atoms with Gasteiger partial charge in [0.2, 0.25) is 11.9 Å². The number of anilines is 2. The maximum absolute atomic E-state index is 10.5. The highest BCUT2D eigenvalue weighted by Crippen LogP contribution is 2.27. The Morgan fingerprint density at radius 2 is 1.23 bits per heavy atom. The van der Waals surface area contributed by atoms with Gasteiger partial charge in [-0.1, -0.05) is 67.6 Å². The maximum atomic E-state index is 10.5. The average Bonchev–Trinajstić information content (AvgIpc) is 3.06. The topological polar surface area (TPSA) is 145 Å². The van der Waals surface area contributed by atoms with Crippen LogP contribution in [0.15, 0.2) is 78.9 Å². The molecule has 4 rings (SSSR count). The third-order valence-corrected chi connectivity index (χ3v) is 7.14. The molecule has 11 heteroatoms. The van der Waals surface area contributed by atoms with E-state index in [2.05, 4.69) is 0 Å². The van der Waals surface area contributed by atoms with Gasteiger partial charge in [0.15, 0.2) is 5.82 Å². The molecule has 11 nitrogen and oxygen atoms in total. The molecule has 4 N–H and O–H groups in total. The summed E-state index contributed by atoms with van der Waals surface area (Å²) in [6.45, 7) is 8.85. The van der Waals surface area contributed by atoms with Gasteiger partial charge < -0.3 is 39.7 Å². The molecule has 0 fully saturated rings. The lowest BCUT2D eigenvalue weighted by Crippen LogP contribution is -2.35. The van der Waals surface area contributed by atoms with Gasteiger partial charge in [-0.25, -0.2) is 0 Å². The van der Waals surface area contributed by atoms with Gasteiger partial charge in [-0.2, -0.15) is 15.0 Å². The Hall–Kier alpha value is -4.29. The first-order valence-electron chi connectivity index (χ1n) is 16.0. The number of benzene rings is 3. The smallest absolute Gasteiger partial charge is 0.231 e. The third-order valence-electron chi connectivity index (χ3n) is 7.14. The lowest BCUT2D eigenvalue weighted by molar-refractivity contribution is 0.122. The standard InChI is InChI=1S/C36H47N5O6/c1-25(22-42)23-46-32-16-14-29(15-17-32)20-40(18-26(2)43)35-37-34(30-10-6-5-7-11-30)38-36(39-35)41(19-27(3)44)21-31-12-8-9-13-33(31)47-24-28(4)45/h5-17,25-28,42-45H,18-24H2,1-4H3. The molecule has 0 aliphatic heterocycles. The number of para-hydroxylation sites is 1. The number of rotatable bonds is 18. The number of hydrogen-bond acceptors (Lipinski definition) is 11. The second kappa shape index (κ2) is 17.6. The lowest BCUT2D eigenvalue weighted by atomic mass is 10.1. The summed E-state index contributed by atoms with van der Waals surface area (Å²) in [5, 5.41) is 40.2. The fourth-order valence-electron chi connectivity index (χ4n) is 4.82. The SMILES string of the molecule is CC(O)COc1ccccc1CN(CC(C)O)c1nc(-c2ccccc2)nc(N(Cc2ccc(OCC(C)CO)cc2)CC(C)O)n1. The molecule has 0 radical (unpaired) electrons. The van der Waals surface area contributed by atoms with E-state index in [-0.39, 0.29) is 32.2 Å². The first-order chi connectivity index (χ1) is 22.6. The zero-order chi connectivity index (χ0) is 33.8. The van der Waals surface area contributed by atoms with Gasteiger partial charge in [0.05, 0.1) is 24.9 Å². The summed E-state index contributed by atoms with van der Waals surface area (Å²) in [5.74, 6) is 2.55. The zero-order valence-corrected chi connectivity index (χ0v) is 27.6. The normalized spacial score (nSPS) is 13.8. The Balaban J connectivity index is 1.72. The van der Waals surface area contributed by atoms with E-state index in [0.717, 1.165) is 16.7 Å². The number of aromatic nitrogens is 3. The molecular formula is C36H47N5O6. The monoisotopic (exact) mass is 645 g/mol. The van der Waals surface area contributed by atoms with E-state index >= 15 is 0 Å². The molecule has 4 unspecified atom stereocenters. The van der Waals surface area contributed by atoms with Crippen LogP contribution in [0.2, 0.25) is 0 Å². The summed E-state index contributed by atoms with van der Waals surface area (Å²) in [7, 11) is 0. The minimum atomic E-state index is -0.699. The van der Waals surface area contributed by atoms with Crippen molar-refractivity contribution in [1.82, 2.24) is 15.0 Å².